The van der Waals surface area contributed by atoms with Crippen LogP contribution >= 0.6 is 0 Å². The summed E-state index contributed by atoms with van der Waals surface area (Å²) < 4.78 is 0. The van der Waals surface area contributed by atoms with Crippen molar-refractivity contribution in [2.75, 3.05) is 0 Å². The van der Waals surface area contributed by atoms with E-state index in [0.29, 0.717) is 18.5 Å². The number of rotatable bonds is 7. The Kier molecular flexibility index (Phi) is 5.89. The first kappa shape index (κ1) is 17.5. The number of carbonyl (C=O) groups is 2. The van der Waals surface area contributed by atoms with Crippen molar-refractivity contribution in [1.82, 2.24) is 10.3 Å². The van der Waals surface area contributed by atoms with Crippen LogP contribution in [0.4, 0.5) is 0 Å². The molecule has 2 rings (SSSR count). The van der Waals surface area contributed by atoms with Gasteiger partial charge in [0.15, 0.2) is 0 Å². The van der Waals surface area contributed by atoms with Gasteiger partial charge in [0.1, 0.15) is 11.6 Å². The van der Waals surface area contributed by atoms with Crippen molar-refractivity contribution in [1.29, 1.82) is 0 Å². The molecule has 126 valence electrons. The third-order valence-corrected chi connectivity index (χ3v) is 3.69. The third-order valence-electron chi connectivity index (χ3n) is 3.69. The van der Waals surface area contributed by atoms with Gasteiger partial charge in [-0.25, -0.2) is 4.79 Å². The van der Waals surface area contributed by atoms with Gasteiger partial charge in [-0.1, -0.05) is 50.1 Å². The highest BCUT2D eigenvalue weighted by atomic mass is 16.4. The monoisotopic (exact) mass is 328 g/mol. The molecule has 0 aliphatic heterocycles. The van der Waals surface area contributed by atoms with Gasteiger partial charge >= 0.3 is 5.97 Å². The number of hydrogen-bond donors (Lipinski definition) is 3. The molecule has 3 N–H and O–H groups in total. The van der Waals surface area contributed by atoms with Gasteiger partial charge in [-0.3, -0.25) is 9.59 Å². The van der Waals surface area contributed by atoms with Crippen molar-refractivity contribution in [2.24, 2.45) is 0 Å². The van der Waals surface area contributed by atoms with Crippen molar-refractivity contribution in [3.05, 3.63) is 58.4 Å². The summed E-state index contributed by atoms with van der Waals surface area (Å²) in [6.45, 7) is 1.94. The number of nitrogens with one attached hydrogen (secondary N) is 2. The van der Waals surface area contributed by atoms with Crippen LogP contribution in [-0.2, 0) is 4.79 Å². The lowest BCUT2D eigenvalue weighted by atomic mass is 10.1. The first-order valence-electron chi connectivity index (χ1n) is 7.85. The summed E-state index contributed by atoms with van der Waals surface area (Å²) in [5.41, 5.74) is 0.775. The summed E-state index contributed by atoms with van der Waals surface area (Å²) in [5, 5.41) is 11.6. The highest BCUT2D eigenvalue weighted by Crippen LogP contribution is 2.14. The van der Waals surface area contributed by atoms with Gasteiger partial charge in [0.05, 0.1) is 0 Å². The lowest BCUT2D eigenvalue weighted by Crippen LogP contribution is -2.42. The van der Waals surface area contributed by atoms with Gasteiger partial charge < -0.3 is 15.4 Å². The minimum atomic E-state index is -1.10. The second-order valence-electron chi connectivity index (χ2n) is 5.49. The maximum absolute atomic E-state index is 12.2. The van der Waals surface area contributed by atoms with E-state index in [1.54, 1.807) is 6.07 Å². The highest BCUT2D eigenvalue weighted by molar-refractivity contribution is 5.96. The Balaban J connectivity index is 2.18. The molecule has 1 atom stereocenters. The first-order chi connectivity index (χ1) is 11.5. The molecule has 2 aromatic rings. The number of aromatic nitrogens is 1. The quantitative estimate of drug-likeness (QED) is 0.727. The molecule has 1 aromatic carbocycles. The van der Waals surface area contributed by atoms with Crippen LogP contribution in [0, 0.1) is 0 Å². The van der Waals surface area contributed by atoms with Crippen molar-refractivity contribution >= 4 is 11.9 Å². The Hall–Kier alpha value is -2.89. The fourth-order valence-corrected chi connectivity index (χ4v) is 2.34. The molecule has 0 saturated heterocycles. The molecule has 6 nitrogen and oxygen atoms in total. The molecule has 1 aromatic heterocycles. The minimum Gasteiger partial charge on any atom is -0.480 e. The predicted molar refractivity (Wildman–Crippen MR) is 90.9 cm³/mol. The molecule has 1 amide bonds. The lowest BCUT2D eigenvalue weighted by Gasteiger charge is -2.14. The van der Waals surface area contributed by atoms with Crippen molar-refractivity contribution in [3.8, 4) is 11.3 Å². The fourth-order valence-electron chi connectivity index (χ4n) is 2.34. The van der Waals surface area contributed by atoms with Crippen LogP contribution in [0.3, 0.4) is 0 Å². The van der Waals surface area contributed by atoms with Crippen molar-refractivity contribution in [3.63, 3.8) is 0 Å². The Bertz CT molecular complexity index is 768. The molecule has 1 heterocycles. The fraction of sp³-hybridized carbons (Fsp3) is 0.278. The molecule has 0 saturated carbocycles. The number of amides is 1. The van der Waals surface area contributed by atoms with E-state index in [0.717, 1.165) is 12.0 Å². The molecule has 0 aliphatic carbocycles. The molecule has 0 aliphatic rings. The molecule has 0 radical (unpaired) electrons. The van der Waals surface area contributed by atoms with E-state index in [4.69, 9.17) is 5.11 Å². The third kappa shape index (κ3) is 4.32. The zero-order valence-corrected chi connectivity index (χ0v) is 13.4. The van der Waals surface area contributed by atoms with E-state index in [1.807, 2.05) is 37.3 Å². The Labute approximate surface area is 139 Å². The average molecular weight is 328 g/mol. The van der Waals surface area contributed by atoms with Crippen LogP contribution in [0.15, 0.2) is 47.3 Å². The van der Waals surface area contributed by atoms with Crippen LogP contribution in [0.1, 0.15) is 36.5 Å². The minimum absolute atomic E-state index is 0.0996. The van der Waals surface area contributed by atoms with Crippen LogP contribution in [0.5, 0.6) is 0 Å². The normalized spacial score (nSPS) is 11.7. The highest BCUT2D eigenvalue weighted by Gasteiger charge is 2.21. The number of carbonyl (C=O) groups excluding carboxylic acids is 1. The molecule has 1 unspecified atom stereocenters. The van der Waals surface area contributed by atoms with Crippen LogP contribution < -0.4 is 10.9 Å². The zero-order valence-electron chi connectivity index (χ0n) is 13.4. The van der Waals surface area contributed by atoms with Crippen LogP contribution in [-0.4, -0.2) is 28.0 Å². The Morgan fingerprint density at radius 3 is 2.46 bits per heavy atom. The van der Waals surface area contributed by atoms with E-state index >= 15 is 0 Å². The zero-order chi connectivity index (χ0) is 17.5. The SMILES string of the molecule is CCCCC(NC(=O)c1ccc(-c2ccccc2)[nH]c1=O)C(=O)O. The van der Waals surface area contributed by atoms with E-state index in [2.05, 4.69) is 10.3 Å². The van der Waals surface area contributed by atoms with Crippen molar-refractivity contribution < 1.29 is 14.7 Å². The van der Waals surface area contributed by atoms with Gasteiger partial charge in [0, 0.05) is 5.69 Å². The van der Waals surface area contributed by atoms with Crippen LogP contribution in [0.25, 0.3) is 11.3 Å². The number of pyridine rings is 1. The van der Waals surface area contributed by atoms with Gasteiger partial charge in [-0.15, -0.1) is 0 Å². The van der Waals surface area contributed by atoms with Gasteiger partial charge in [0.25, 0.3) is 11.5 Å². The molecule has 0 spiro atoms. The number of unbranched alkanes of at least 4 members (excludes halogenated alkanes) is 1. The maximum atomic E-state index is 12.2. The van der Waals surface area contributed by atoms with E-state index < -0.39 is 23.5 Å². The number of aliphatic carboxylic acids is 1. The second kappa shape index (κ2) is 8.10. The number of hydrogen-bond acceptors (Lipinski definition) is 3. The largest absolute Gasteiger partial charge is 0.480 e. The van der Waals surface area contributed by atoms with Gasteiger partial charge in [-0.05, 0) is 24.1 Å². The maximum Gasteiger partial charge on any atom is 0.326 e. The van der Waals surface area contributed by atoms with E-state index in [-0.39, 0.29) is 5.56 Å². The van der Waals surface area contributed by atoms with Crippen LogP contribution in [0.2, 0.25) is 0 Å². The lowest BCUT2D eigenvalue weighted by molar-refractivity contribution is -0.139. The summed E-state index contributed by atoms with van der Waals surface area (Å²) in [5.74, 6) is -1.78. The van der Waals surface area contributed by atoms with Crippen molar-refractivity contribution in [2.45, 2.75) is 32.2 Å². The van der Waals surface area contributed by atoms with E-state index in [1.165, 1.54) is 6.07 Å². The summed E-state index contributed by atoms with van der Waals surface area (Å²) in [4.78, 5) is 38.2. The van der Waals surface area contributed by atoms with Gasteiger partial charge in [0.2, 0.25) is 0 Å². The molecule has 0 bridgehead atoms. The number of H-pyrrole nitrogens is 1. The average Bonchev–Trinajstić information content (AvgIpc) is 2.58. The Morgan fingerprint density at radius 2 is 1.88 bits per heavy atom. The predicted octanol–water partition coefficient (Wildman–Crippen LogP) is 2.42. The molecule has 6 heteroatoms. The standard InChI is InChI=1S/C18H20N2O4/c1-2-3-9-15(18(23)24)20-17(22)13-10-11-14(19-16(13)21)12-7-5-4-6-8-12/h4-8,10-11,15H,2-3,9H2,1H3,(H,19,21)(H,20,22)(H,23,24). The summed E-state index contributed by atoms with van der Waals surface area (Å²) >= 11 is 0. The smallest absolute Gasteiger partial charge is 0.326 e. The van der Waals surface area contributed by atoms with Gasteiger partial charge in [-0.2, -0.15) is 0 Å². The summed E-state index contributed by atoms with van der Waals surface area (Å²) in [6, 6.07) is 11.3. The van der Waals surface area contributed by atoms with E-state index in [9.17, 15) is 14.4 Å². The topological polar surface area (TPSA) is 99.3 Å². The first-order valence-corrected chi connectivity index (χ1v) is 7.85. The molecule has 24 heavy (non-hydrogen) atoms. The molecule has 0 fully saturated rings. The number of benzene rings is 1. The Morgan fingerprint density at radius 1 is 1.17 bits per heavy atom. The summed E-state index contributed by atoms with van der Waals surface area (Å²) in [7, 11) is 0. The number of carboxylic acids is 1. The molecular formula is C18H20N2O4. The molecular weight excluding hydrogens is 308 g/mol. The number of aromatic amines is 1. The summed E-state index contributed by atoms with van der Waals surface area (Å²) in [6.07, 6.45) is 1.84. The number of carboxylic acid groups (broad SMARTS) is 1. The second-order valence-corrected chi connectivity index (χ2v) is 5.49.